The van der Waals surface area contributed by atoms with Gasteiger partial charge in [0.05, 0.1) is 27.0 Å². The summed E-state index contributed by atoms with van der Waals surface area (Å²) in [5.74, 6) is -6.13. The molecule has 1 fully saturated rings. The zero-order chi connectivity index (χ0) is 26.0. The van der Waals surface area contributed by atoms with Crippen LogP contribution in [0.4, 0.5) is 23.5 Å². The first-order chi connectivity index (χ1) is 17.3. The van der Waals surface area contributed by atoms with Gasteiger partial charge in [-0.05, 0) is 18.2 Å². The van der Waals surface area contributed by atoms with Gasteiger partial charge in [-0.15, -0.1) is 0 Å². The van der Waals surface area contributed by atoms with E-state index in [1.165, 1.54) is 21.3 Å². The van der Waals surface area contributed by atoms with E-state index in [4.69, 9.17) is 14.2 Å². The maximum absolute atomic E-state index is 14.1. The van der Waals surface area contributed by atoms with Crippen LogP contribution in [-0.2, 0) is 0 Å². The predicted molar refractivity (Wildman–Crippen MR) is 122 cm³/mol. The lowest BCUT2D eigenvalue weighted by Gasteiger charge is -2.35. The molecule has 12 heteroatoms. The molecule has 190 valence electrons. The quantitative estimate of drug-likeness (QED) is 0.373. The van der Waals surface area contributed by atoms with E-state index in [0.717, 1.165) is 4.90 Å². The smallest absolute Gasteiger partial charge is 0.260 e. The Morgan fingerprint density at radius 1 is 0.861 bits per heavy atom. The van der Waals surface area contributed by atoms with Crippen molar-refractivity contribution in [3.05, 3.63) is 59.3 Å². The zero-order valence-corrected chi connectivity index (χ0v) is 19.6. The molecule has 1 saturated heterocycles. The molecule has 1 aliphatic heterocycles. The van der Waals surface area contributed by atoms with Gasteiger partial charge in [0.15, 0.2) is 34.8 Å². The van der Waals surface area contributed by atoms with Gasteiger partial charge in [-0.2, -0.15) is 0 Å². The van der Waals surface area contributed by atoms with Crippen molar-refractivity contribution in [3.63, 3.8) is 0 Å². The highest BCUT2D eigenvalue weighted by atomic mass is 19.2. The highest BCUT2D eigenvalue weighted by Crippen LogP contribution is 2.41. The number of piperazine rings is 1. The van der Waals surface area contributed by atoms with E-state index in [1.54, 1.807) is 29.3 Å². The summed E-state index contributed by atoms with van der Waals surface area (Å²) in [7, 11) is 4.51. The second kappa shape index (κ2) is 10.3. The van der Waals surface area contributed by atoms with Crippen molar-refractivity contribution in [2.45, 2.75) is 0 Å². The van der Waals surface area contributed by atoms with E-state index >= 15 is 0 Å². The van der Waals surface area contributed by atoms with Crippen LogP contribution in [0.15, 0.2) is 30.5 Å². The van der Waals surface area contributed by atoms with E-state index in [-0.39, 0.29) is 32.2 Å². The van der Waals surface area contributed by atoms with Crippen molar-refractivity contribution in [3.8, 4) is 28.5 Å². The van der Waals surface area contributed by atoms with Crippen LogP contribution in [0.2, 0.25) is 0 Å². The standard InChI is InChI=1S/C24H22F4N4O4/c1-34-17-10-13(11-18(35-2)22(17)36-3)16-4-5-29-24(30-16)32-8-6-31(7-9-32)23(33)19-20(27)14(25)12-15(26)21(19)28/h4-5,10-12H,6-9H2,1-3H3. The summed E-state index contributed by atoms with van der Waals surface area (Å²) in [5, 5.41) is 0. The molecule has 3 aromatic rings. The molecule has 1 aliphatic rings. The highest BCUT2D eigenvalue weighted by Gasteiger charge is 2.31. The van der Waals surface area contributed by atoms with E-state index in [0.29, 0.717) is 34.5 Å². The van der Waals surface area contributed by atoms with Gasteiger partial charge in [-0.3, -0.25) is 4.79 Å². The Kier molecular flexibility index (Phi) is 7.13. The van der Waals surface area contributed by atoms with Crippen LogP contribution >= 0.6 is 0 Å². The first-order valence-corrected chi connectivity index (χ1v) is 10.8. The Bertz CT molecular complexity index is 1250. The molecule has 0 aliphatic carbocycles. The molecule has 0 saturated carbocycles. The average molecular weight is 506 g/mol. The number of anilines is 1. The Morgan fingerprint density at radius 2 is 1.44 bits per heavy atom. The SMILES string of the molecule is COc1cc(-c2ccnc(N3CCN(C(=O)c4c(F)c(F)cc(F)c4F)CC3)n2)cc(OC)c1OC. The number of ether oxygens (including phenoxy) is 3. The van der Waals surface area contributed by atoms with Crippen LogP contribution in [0.5, 0.6) is 17.2 Å². The fourth-order valence-electron chi connectivity index (χ4n) is 3.92. The topological polar surface area (TPSA) is 77.0 Å². The number of halogens is 4. The molecule has 2 aromatic carbocycles. The van der Waals surface area contributed by atoms with Crippen LogP contribution in [-0.4, -0.2) is 68.3 Å². The van der Waals surface area contributed by atoms with Crippen molar-refractivity contribution in [2.24, 2.45) is 0 Å². The minimum atomic E-state index is -1.72. The third-order valence-corrected chi connectivity index (χ3v) is 5.78. The second-order valence-electron chi connectivity index (χ2n) is 7.78. The normalized spacial score (nSPS) is 13.5. The number of carbonyl (C=O) groups is 1. The van der Waals surface area contributed by atoms with E-state index in [9.17, 15) is 22.4 Å². The van der Waals surface area contributed by atoms with Gasteiger partial charge in [0.25, 0.3) is 5.91 Å². The van der Waals surface area contributed by atoms with Crippen LogP contribution < -0.4 is 19.1 Å². The van der Waals surface area contributed by atoms with Gasteiger partial charge in [0.2, 0.25) is 11.7 Å². The lowest BCUT2D eigenvalue weighted by Crippen LogP contribution is -2.49. The van der Waals surface area contributed by atoms with E-state index in [1.807, 2.05) is 0 Å². The van der Waals surface area contributed by atoms with Gasteiger partial charge >= 0.3 is 0 Å². The van der Waals surface area contributed by atoms with Gasteiger partial charge in [-0.25, -0.2) is 27.5 Å². The molecular formula is C24H22F4N4O4. The van der Waals surface area contributed by atoms with Crippen LogP contribution in [0, 0.1) is 23.3 Å². The Morgan fingerprint density at radius 3 is 1.97 bits per heavy atom. The number of hydrogen-bond acceptors (Lipinski definition) is 7. The molecule has 0 bridgehead atoms. The molecule has 0 radical (unpaired) electrons. The van der Waals surface area contributed by atoms with Gasteiger partial charge in [0.1, 0.15) is 5.56 Å². The third kappa shape index (κ3) is 4.58. The summed E-state index contributed by atoms with van der Waals surface area (Å²) in [6.45, 7) is 0.526. The molecule has 0 unspecified atom stereocenters. The molecule has 0 spiro atoms. The number of amides is 1. The third-order valence-electron chi connectivity index (χ3n) is 5.78. The predicted octanol–water partition coefficient (Wildman–Crippen LogP) is 3.69. The van der Waals surface area contributed by atoms with Crippen molar-refractivity contribution >= 4 is 11.9 Å². The molecule has 1 aromatic heterocycles. The summed E-state index contributed by atoms with van der Waals surface area (Å²) in [5.41, 5.74) is -0.000204. The summed E-state index contributed by atoms with van der Waals surface area (Å²) >= 11 is 0. The number of benzene rings is 2. The molecule has 0 N–H and O–H groups in total. The van der Waals surface area contributed by atoms with E-state index in [2.05, 4.69) is 9.97 Å². The number of nitrogens with zero attached hydrogens (tertiary/aromatic N) is 4. The lowest BCUT2D eigenvalue weighted by atomic mass is 10.1. The van der Waals surface area contributed by atoms with Crippen LogP contribution in [0.25, 0.3) is 11.3 Å². The Balaban J connectivity index is 1.53. The highest BCUT2D eigenvalue weighted by molar-refractivity contribution is 5.95. The van der Waals surface area contributed by atoms with Gasteiger partial charge < -0.3 is 24.0 Å². The number of hydrogen-bond donors (Lipinski definition) is 0. The van der Waals surface area contributed by atoms with Crippen LogP contribution in [0.3, 0.4) is 0 Å². The number of rotatable bonds is 6. The zero-order valence-electron chi connectivity index (χ0n) is 19.6. The number of carbonyl (C=O) groups excluding carboxylic acids is 1. The second-order valence-corrected chi connectivity index (χ2v) is 7.78. The molecule has 2 heterocycles. The van der Waals surface area contributed by atoms with E-state index < -0.39 is 34.7 Å². The minimum Gasteiger partial charge on any atom is -0.493 e. The van der Waals surface area contributed by atoms with Crippen molar-refractivity contribution in [1.82, 2.24) is 14.9 Å². The number of aromatic nitrogens is 2. The van der Waals surface area contributed by atoms with Crippen molar-refractivity contribution in [1.29, 1.82) is 0 Å². The van der Waals surface area contributed by atoms with Gasteiger partial charge in [-0.1, -0.05) is 0 Å². The largest absolute Gasteiger partial charge is 0.493 e. The van der Waals surface area contributed by atoms with Gasteiger partial charge in [0, 0.05) is 44.0 Å². The van der Waals surface area contributed by atoms with Crippen molar-refractivity contribution < 1.29 is 36.6 Å². The molecule has 0 atom stereocenters. The molecule has 4 rings (SSSR count). The first kappa shape index (κ1) is 25.0. The average Bonchev–Trinajstić information content (AvgIpc) is 2.91. The Hall–Kier alpha value is -4.09. The lowest BCUT2D eigenvalue weighted by molar-refractivity contribution is 0.0733. The molecule has 8 nitrogen and oxygen atoms in total. The van der Waals surface area contributed by atoms with Crippen molar-refractivity contribution in [2.75, 3.05) is 52.4 Å². The maximum Gasteiger partial charge on any atom is 0.260 e. The molecule has 1 amide bonds. The first-order valence-electron chi connectivity index (χ1n) is 10.8. The fourth-order valence-corrected chi connectivity index (χ4v) is 3.92. The maximum atomic E-state index is 14.1. The summed E-state index contributed by atoms with van der Waals surface area (Å²) < 4.78 is 71.4. The number of methoxy groups -OCH3 is 3. The van der Waals surface area contributed by atoms with Crippen LogP contribution in [0.1, 0.15) is 10.4 Å². The summed E-state index contributed by atoms with van der Waals surface area (Å²) in [6.07, 6.45) is 1.57. The monoisotopic (exact) mass is 506 g/mol. The summed E-state index contributed by atoms with van der Waals surface area (Å²) in [6, 6.07) is 5.25. The summed E-state index contributed by atoms with van der Waals surface area (Å²) in [4.78, 5) is 24.4. The Labute approximate surface area is 204 Å². The molecule has 36 heavy (non-hydrogen) atoms. The minimum absolute atomic E-state index is 0.0353. The molecular weight excluding hydrogens is 484 g/mol. The fraction of sp³-hybridized carbons (Fsp3) is 0.292.